The number of carbonyl (C=O) groups excluding carboxylic acids is 1. The van der Waals surface area contributed by atoms with Gasteiger partial charge in [-0.2, -0.15) is 0 Å². The molecule has 0 atom stereocenters. The Hall–Kier alpha value is -1.07. The van der Waals surface area contributed by atoms with Crippen molar-refractivity contribution in [3.05, 3.63) is 33.3 Å². The number of hydrogen-bond acceptors (Lipinski definition) is 2. The normalized spacial score (nSPS) is 16.0. The van der Waals surface area contributed by atoms with E-state index in [2.05, 4.69) is 15.9 Å². The second kappa shape index (κ2) is 7.27. The van der Waals surface area contributed by atoms with E-state index in [1.807, 2.05) is 4.90 Å². The van der Waals surface area contributed by atoms with Crippen LogP contribution >= 0.6 is 27.5 Å². The van der Waals surface area contributed by atoms with E-state index in [1.165, 1.54) is 0 Å². The summed E-state index contributed by atoms with van der Waals surface area (Å²) >= 11 is 9.25. The number of carboxylic acid groups (broad SMARTS) is 1. The van der Waals surface area contributed by atoms with Crippen LogP contribution in [0.15, 0.2) is 22.7 Å². The van der Waals surface area contributed by atoms with Crippen LogP contribution in [0, 0.1) is 5.92 Å². The van der Waals surface area contributed by atoms with Crippen LogP contribution in [0.1, 0.15) is 36.0 Å². The third-order valence-electron chi connectivity index (χ3n) is 3.83. The van der Waals surface area contributed by atoms with Crippen molar-refractivity contribution in [2.75, 3.05) is 13.1 Å². The summed E-state index contributed by atoms with van der Waals surface area (Å²) in [4.78, 5) is 24.9. The zero-order valence-corrected chi connectivity index (χ0v) is 13.9. The number of carboxylic acids is 1. The van der Waals surface area contributed by atoms with E-state index in [0.29, 0.717) is 40.5 Å². The van der Waals surface area contributed by atoms with Crippen LogP contribution in [-0.2, 0) is 4.79 Å². The molecule has 0 aliphatic carbocycles. The lowest BCUT2D eigenvalue weighted by Crippen LogP contribution is -2.38. The van der Waals surface area contributed by atoms with Crippen molar-refractivity contribution in [2.24, 2.45) is 5.92 Å². The number of amides is 1. The number of piperidine rings is 1. The summed E-state index contributed by atoms with van der Waals surface area (Å²) in [5, 5.41) is 9.29. The molecule has 6 heteroatoms. The zero-order chi connectivity index (χ0) is 15.4. The molecule has 1 aliphatic rings. The smallest absolute Gasteiger partial charge is 0.303 e. The third kappa shape index (κ3) is 4.45. The Morgan fingerprint density at radius 3 is 2.57 bits per heavy atom. The van der Waals surface area contributed by atoms with E-state index >= 15 is 0 Å². The lowest BCUT2D eigenvalue weighted by molar-refractivity contribution is -0.137. The van der Waals surface area contributed by atoms with Crippen molar-refractivity contribution in [1.82, 2.24) is 4.90 Å². The van der Waals surface area contributed by atoms with Gasteiger partial charge in [-0.1, -0.05) is 11.6 Å². The van der Waals surface area contributed by atoms with Gasteiger partial charge in [-0.3, -0.25) is 9.59 Å². The number of halogens is 2. The van der Waals surface area contributed by atoms with Gasteiger partial charge in [-0.15, -0.1) is 0 Å². The van der Waals surface area contributed by atoms with Crippen molar-refractivity contribution in [3.8, 4) is 0 Å². The van der Waals surface area contributed by atoms with E-state index in [1.54, 1.807) is 18.2 Å². The van der Waals surface area contributed by atoms with Crippen molar-refractivity contribution in [2.45, 2.75) is 25.7 Å². The SMILES string of the molecule is O=C(O)CCC1CCN(C(=O)c2ccc(Cl)cc2Br)CC1. The van der Waals surface area contributed by atoms with Gasteiger partial charge in [0, 0.05) is 29.0 Å². The minimum Gasteiger partial charge on any atom is -0.481 e. The summed E-state index contributed by atoms with van der Waals surface area (Å²) in [6.45, 7) is 1.36. The summed E-state index contributed by atoms with van der Waals surface area (Å²) in [7, 11) is 0. The maximum Gasteiger partial charge on any atom is 0.303 e. The van der Waals surface area contributed by atoms with Crippen LogP contribution < -0.4 is 0 Å². The van der Waals surface area contributed by atoms with Crippen LogP contribution in [0.5, 0.6) is 0 Å². The van der Waals surface area contributed by atoms with Gasteiger partial charge in [-0.05, 0) is 59.3 Å². The molecule has 1 aromatic carbocycles. The molecule has 0 radical (unpaired) electrons. The maximum atomic E-state index is 12.5. The highest BCUT2D eigenvalue weighted by Gasteiger charge is 2.25. The molecular weight excluding hydrogens is 358 g/mol. The predicted octanol–water partition coefficient (Wildman–Crippen LogP) is 3.82. The molecule has 0 bridgehead atoms. The largest absolute Gasteiger partial charge is 0.481 e. The average molecular weight is 375 g/mol. The molecule has 1 saturated heterocycles. The number of benzene rings is 1. The summed E-state index contributed by atoms with van der Waals surface area (Å²) in [5.41, 5.74) is 0.614. The number of carbonyl (C=O) groups is 2. The van der Waals surface area contributed by atoms with E-state index in [4.69, 9.17) is 16.7 Å². The van der Waals surface area contributed by atoms with Crippen molar-refractivity contribution >= 4 is 39.4 Å². The summed E-state index contributed by atoms with van der Waals surface area (Å²) in [6, 6.07) is 5.15. The van der Waals surface area contributed by atoms with Gasteiger partial charge in [0.1, 0.15) is 0 Å². The predicted molar refractivity (Wildman–Crippen MR) is 84.6 cm³/mol. The lowest BCUT2D eigenvalue weighted by Gasteiger charge is -2.32. The molecule has 0 aromatic heterocycles. The molecule has 1 aromatic rings. The van der Waals surface area contributed by atoms with Crippen molar-refractivity contribution in [1.29, 1.82) is 0 Å². The van der Waals surface area contributed by atoms with Crippen LogP contribution in [0.4, 0.5) is 0 Å². The van der Waals surface area contributed by atoms with Gasteiger partial charge < -0.3 is 10.0 Å². The van der Waals surface area contributed by atoms with E-state index in [0.717, 1.165) is 12.8 Å². The first kappa shape index (κ1) is 16.3. The topological polar surface area (TPSA) is 57.6 Å². The molecule has 1 amide bonds. The molecule has 4 nitrogen and oxygen atoms in total. The first-order valence-corrected chi connectivity index (χ1v) is 8.10. The number of nitrogens with zero attached hydrogens (tertiary/aromatic N) is 1. The molecule has 114 valence electrons. The molecule has 21 heavy (non-hydrogen) atoms. The van der Waals surface area contributed by atoms with Gasteiger partial charge in [0.15, 0.2) is 0 Å². The second-order valence-corrected chi connectivity index (χ2v) is 6.58. The highest BCUT2D eigenvalue weighted by molar-refractivity contribution is 9.10. The fourth-order valence-corrected chi connectivity index (χ4v) is 3.44. The minimum absolute atomic E-state index is 0.00442. The van der Waals surface area contributed by atoms with Gasteiger partial charge >= 0.3 is 5.97 Å². The van der Waals surface area contributed by atoms with Gasteiger partial charge in [0.05, 0.1) is 5.56 Å². The standard InChI is InChI=1S/C15H17BrClNO3/c16-13-9-11(17)2-3-12(13)15(21)18-7-5-10(6-8-18)1-4-14(19)20/h2-3,9-10H,1,4-8H2,(H,19,20). The van der Waals surface area contributed by atoms with Crippen molar-refractivity contribution < 1.29 is 14.7 Å². The molecule has 1 N–H and O–H groups in total. The fraction of sp³-hybridized carbons (Fsp3) is 0.467. The monoisotopic (exact) mass is 373 g/mol. The quantitative estimate of drug-likeness (QED) is 0.871. The molecule has 0 spiro atoms. The molecule has 2 rings (SSSR count). The molecule has 0 unspecified atom stereocenters. The third-order valence-corrected chi connectivity index (χ3v) is 4.72. The summed E-state index contributed by atoms with van der Waals surface area (Å²) < 4.78 is 0.702. The summed E-state index contributed by atoms with van der Waals surface area (Å²) in [6.07, 6.45) is 2.64. The molecule has 1 heterocycles. The highest BCUT2D eigenvalue weighted by Crippen LogP contribution is 2.26. The minimum atomic E-state index is -0.751. The molecule has 1 aliphatic heterocycles. The Morgan fingerprint density at radius 1 is 1.33 bits per heavy atom. The van der Waals surface area contributed by atoms with Crippen LogP contribution in [0.2, 0.25) is 5.02 Å². The molecule has 0 saturated carbocycles. The van der Waals surface area contributed by atoms with Crippen LogP contribution in [-0.4, -0.2) is 35.0 Å². The van der Waals surface area contributed by atoms with Crippen LogP contribution in [0.3, 0.4) is 0 Å². The lowest BCUT2D eigenvalue weighted by atomic mass is 9.92. The number of hydrogen-bond donors (Lipinski definition) is 1. The Morgan fingerprint density at radius 2 is 2.00 bits per heavy atom. The van der Waals surface area contributed by atoms with Gasteiger partial charge in [0.2, 0.25) is 0 Å². The van der Waals surface area contributed by atoms with E-state index < -0.39 is 5.97 Å². The number of rotatable bonds is 4. The maximum absolute atomic E-state index is 12.5. The Labute approximate surface area is 137 Å². The molecular formula is C15H17BrClNO3. The van der Waals surface area contributed by atoms with Crippen molar-refractivity contribution in [3.63, 3.8) is 0 Å². The fourth-order valence-electron chi connectivity index (χ4n) is 2.59. The van der Waals surface area contributed by atoms with Gasteiger partial charge in [-0.25, -0.2) is 0 Å². The van der Waals surface area contributed by atoms with Gasteiger partial charge in [0.25, 0.3) is 5.91 Å². The second-order valence-electron chi connectivity index (χ2n) is 5.29. The number of likely N-dealkylation sites (tertiary alicyclic amines) is 1. The van der Waals surface area contributed by atoms with E-state index in [9.17, 15) is 9.59 Å². The first-order chi connectivity index (χ1) is 9.97. The number of aliphatic carboxylic acids is 1. The summed E-state index contributed by atoms with van der Waals surface area (Å²) in [5.74, 6) is -0.354. The highest BCUT2D eigenvalue weighted by atomic mass is 79.9. The Bertz CT molecular complexity index is 542. The Kier molecular flexibility index (Phi) is 5.65. The molecule has 1 fully saturated rings. The van der Waals surface area contributed by atoms with Crippen LogP contribution in [0.25, 0.3) is 0 Å². The first-order valence-electron chi connectivity index (χ1n) is 6.93. The Balaban J connectivity index is 1.92. The zero-order valence-electron chi connectivity index (χ0n) is 11.5. The van der Waals surface area contributed by atoms with E-state index in [-0.39, 0.29) is 12.3 Å². The average Bonchev–Trinajstić information content (AvgIpc) is 2.45.